The molecule has 3 rings (SSSR count). The third kappa shape index (κ3) is 6.83. The van der Waals surface area contributed by atoms with Gasteiger partial charge in [-0.05, 0) is 37.4 Å². The standard InChI is InChI=1S/C20H24N4O2S.HI/c1-3-21-20(22-10-11-25-17-8-6-15(2)7-9-17)23-13-16-14-26-19(24-16)18-5-4-12-27-18;/h4-9,12,14H,3,10-11,13H2,1-2H3,(H2,21,22,23);1H. The quantitative estimate of drug-likeness (QED) is 0.202. The lowest BCUT2D eigenvalue weighted by molar-refractivity contribution is 0.322. The second-order valence-electron chi connectivity index (χ2n) is 5.90. The third-order valence-corrected chi connectivity index (χ3v) is 4.57. The summed E-state index contributed by atoms with van der Waals surface area (Å²) in [7, 11) is 0. The molecule has 2 aromatic heterocycles. The minimum absolute atomic E-state index is 0. The Hall–Kier alpha value is -2.07. The van der Waals surface area contributed by atoms with E-state index in [4.69, 9.17) is 9.15 Å². The van der Waals surface area contributed by atoms with Crippen molar-refractivity contribution in [2.24, 2.45) is 4.99 Å². The molecule has 28 heavy (non-hydrogen) atoms. The second-order valence-corrected chi connectivity index (χ2v) is 6.85. The summed E-state index contributed by atoms with van der Waals surface area (Å²) in [6.07, 6.45) is 1.66. The van der Waals surface area contributed by atoms with Gasteiger partial charge in [-0.25, -0.2) is 9.98 Å². The number of thiophene rings is 1. The number of halogens is 1. The molecule has 1 aromatic carbocycles. The SMILES string of the molecule is CCNC(=NCc1coc(-c2cccs2)n1)NCCOc1ccc(C)cc1.I. The van der Waals surface area contributed by atoms with Crippen LogP contribution in [0.15, 0.2) is 57.5 Å². The van der Waals surface area contributed by atoms with E-state index < -0.39 is 0 Å². The lowest BCUT2D eigenvalue weighted by Crippen LogP contribution is -2.39. The largest absolute Gasteiger partial charge is 0.492 e. The molecule has 150 valence electrons. The first-order valence-electron chi connectivity index (χ1n) is 8.94. The van der Waals surface area contributed by atoms with Crippen LogP contribution in [0.5, 0.6) is 5.75 Å². The van der Waals surface area contributed by atoms with Crippen LogP contribution in [0.1, 0.15) is 18.2 Å². The molecule has 2 N–H and O–H groups in total. The zero-order valence-electron chi connectivity index (χ0n) is 16.0. The van der Waals surface area contributed by atoms with Gasteiger partial charge in [0.2, 0.25) is 5.89 Å². The topological polar surface area (TPSA) is 71.7 Å². The van der Waals surface area contributed by atoms with Crippen LogP contribution < -0.4 is 15.4 Å². The molecule has 6 nitrogen and oxygen atoms in total. The van der Waals surface area contributed by atoms with Gasteiger partial charge in [-0.2, -0.15) is 0 Å². The summed E-state index contributed by atoms with van der Waals surface area (Å²) < 4.78 is 11.3. The molecule has 0 amide bonds. The molecule has 0 aliphatic rings. The van der Waals surface area contributed by atoms with Crippen molar-refractivity contribution in [3.05, 3.63) is 59.3 Å². The Morgan fingerprint density at radius 3 is 2.75 bits per heavy atom. The number of nitrogens with one attached hydrogen (secondary N) is 2. The average molecular weight is 512 g/mol. The maximum absolute atomic E-state index is 5.73. The molecule has 8 heteroatoms. The lowest BCUT2D eigenvalue weighted by atomic mass is 10.2. The van der Waals surface area contributed by atoms with Gasteiger partial charge in [-0.3, -0.25) is 0 Å². The number of nitrogens with zero attached hydrogens (tertiary/aromatic N) is 2. The molecule has 3 aromatic rings. The summed E-state index contributed by atoms with van der Waals surface area (Å²) in [5.41, 5.74) is 2.02. The molecule has 0 aliphatic heterocycles. The van der Waals surface area contributed by atoms with Crippen LogP contribution in [0.2, 0.25) is 0 Å². The minimum Gasteiger partial charge on any atom is -0.492 e. The molecule has 0 unspecified atom stereocenters. The van der Waals surface area contributed by atoms with Crippen molar-refractivity contribution in [3.63, 3.8) is 0 Å². The van der Waals surface area contributed by atoms with Gasteiger partial charge in [0.1, 0.15) is 24.3 Å². The van der Waals surface area contributed by atoms with Crippen molar-refractivity contribution >= 4 is 41.3 Å². The van der Waals surface area contributed by atoms with Gasteiger partial charge in [-0.15, -0.1) is 35.3 Å². The number of aryl methyl sites for hydroxylation is 1. The molecule has 0 aliphatic carbocycles. The van der Waals surface area contributed by atoms with E-state index in [0.717, 1.165) is 28.8 Å². The number of aliphatic imine (C=N–C) groups is 1. The number of benzene rings is 1. The number of oxazole rings is 1. The highest BCUT2D eigenvalue weighted by Crippen LogP contribution is 2.23. The second kappa shape index (κ2) is 11.7. The van der Waals surface area contributed by atoms with Gasteiger partial charge in [0.25, 0.3) is 0 Å². The van der Waals surface area contributed by atoms with Crippen molar-refractivity contribution in [1.82, 2.24) is 15.6 Å². The van der Waals surface area contributed by atoms with Gasteiger partial charge in [0.05, 0.1) is 18.0 Å². The number of rotatable bonds is 8. The van der Waals surface area contributed by atoms with E-state index >= 15 is 0 Å². The maximum atomic E-state index is 5.73. The van der Waals surface area contributed by atoms with E-state index in [-0.39, 0.29) is 24.0 Å². The number of guanidine groups is 1. The van der Waals surface area contributed by atoms with Crippen LogP contribution in [0, 0.1) is 6.92 Å². The molecule has 0 spiro atoms. The maximum Gasteiger partial charge on any atom is 0.236 e. The normalized spacial score (nSPS) is 11.0. The van der Waals surface area contributed by atoms with E-state index in [1.807, 2.05) is 48.7 Å². The summed E-state index contributed by atoms with van der Waals surface area (Å²) in [6.45, 7) is 6.53. The predicted molar refractivity (Wildman–Crippen MR) is 125 cm³/mol. The Morgan fingerprint density at radius 2 is 2.04 bits per heavy atom. The van der Waals surface area contributed by atoms with Crippen LogP contribution in [0.3, 0.4) is 0 Å². The number of hydrogen-bond donors (Lipinski definition) is 2. The van der Waals surface area contributed by atoms with Crippen LogP contribution in [-0.4, -0.2) is 30.6 Å². The van der Waals surface area contributed by atoms with E-state index in [1.54, 1.807) is 17.6 Å². The molecular weight excluding hydrogens is 487 g/mol. The highest BCUT2D eigenvalue weighted by Gasteiger charge is 2.07. The van der Waals surface area contributed by atoms with E-state index in [9.17, 15) is 0 Å². The van der Waals surface area contributed by atoms with Crippen molar-refractivity contribution in [3.8, 4) is 16.5 Å². The third-order valence-electron chi connectivity index (χ3n) is 3.71. The van der Waals surface area contributed by atoms with Gasteiger partial charge in [0, 0.05) is 6.54 Å². The van der Waals surface area contributed by atoms with Crippen molar-refractivity contribution in [2.45, 2.75) is 20.4 Å². The minimum atomic E-state index is 0. The predicted octanol–water partition coefficient (Wildman–Crippen LogP) is 4.46. The van der Waals surface area contributed by atoms with Crippen LogP contribution in [0.25, 0.3) is 10.8 Å². The van der Waals surface area contributed by atoms with E-state index in [2.05, 4.69) is 27.5 Å². The average Bonchev–Trinajstić information content (AvgIpc) is 3.36. The fourth-order valence-corrected chi connectivity index (χ4v) is 3.02. The van der Waals surface area contributed by atoms with Gasteiger partial charge < -0.3 is 19.8 Å². The Balaban J connectivity index is 0.00000280. The summed E-state index contributed by atoms with van der Waals surface area (Å²) in [5, 5.41) is 8.49. The number of ether oxygens (including phenoxy) is 1. The number of aromatic nitrogens is 1. The van der Waals surface area contributed by atoms with E-state index in [1.165, 1.54) is 5.56 Å². The Labute approximate surface area is 186 Å². The summed E-state index contributed by atoms with van der Waals surface area (Å²) in [6, 6.07) is 12.0. The van der Waals surface area contributed by atoms with Gasteiger partial charge in [0.15, 0.2) is 5.96 Å². The molecule has 0 fully saturated rings. The Bertz CT molecular complexity index is 847. The first-order valence-corrected chi connectivity index (χ1v) is 9.82. The summed E-state index contributed by atoms with van der Waals surface area (Å²) >= 11 is 1.60. The fourth-order valence-electron chi connectivity index (χ4n) is 2.37. The lowest BCUT2D eigenvalue weighted by Gasteiger charge is -2.12. The monoisotopic (exact) mass is 512 g/mol. The smallest absolute Gasteiger partial charge is 0.236 e. The Morgan fingerprint density at radius 1 is 1.21 bits per heavy atom. The molecule has 0 bridgehead atoms. The van der Waals surface area contributed by atoms with Gasteiger partial charge >= 0.3 is 0 Å². The highest BCUT2D eigenvalue weighted by molar-refractivity contribution is 14.0. The summed E-state index contributed by atoms with van der Waals surface area (Å²) in [5.74, 6) is 2.23. The molecule has 0 atom stereocenters. The zero-order chi connectivity index (χ0) is 18.9. The molecule has 0 radical (unpaired) electrons. The van der Waals surface area contributed by atoms with Crippen molar-refractivity contribution in [1.29, 1.82) is 0 Å². The van der Waals surface area contributed by atoms with Crippen LogP contribution >= 0.6 is 35.3 Å². The zero-order valence-corrected chi connectivity index (χ0v) is 19.1. The molecule has 2 heterocycles. The first kappa shape index (κ1) is 22.2. The molecule has 0 saturated heterocycles. The fraction of sp³-hybridized carbons (Fsp3) is 0.300. The van der Waals surface area contributed by atoms with Crippen LogP contribution in [-0.2, 0) is 6.54 Å². The van der Waals surface area contributed by atoms with Crippen molar-refractivity contribution < 1.29 is 9.15 Å². The van der Waals surface area contributed by atoms with Gasteiger partial charge in [-0.1, -0.05) is 23.8 Å². The summed E-state index contributed by atoms with van der Waals surface area (Å²) in [4.78, 5) is 10.1. The van der Waals surface area contributed by atoms with E-state index in [0.29, 0.717) is 25.6 Å². The Kier molecular flexibility index (Phi) is 9.29. The first-order chi connectivity index (χ1) is 13.2. The number of hydrogen-bond acceptors (Lipinski definition) is 5. The molecule has 0 saturated carbocycles. The van der Waals surface area contributed by atoms with Crippen molar-refractivity contribution in [2.75, 3.05) is 19.7 Å². The molecular formula is C20H25IN4O2S. The highest BCUT2D eigenvalue weighted by atomic mass is 127. The van der Waals surface area contributed by atoms with Crippen LogP contribution in [0.4, 0.5) is 0 Å².